The number of pyridine rings is 1. The Morgan fingerprint density at radius 3 is 2.50 bits per heavy atom. The zero-order chi connectivity index (χ0) is 18.1. The highest BCUT2D eigenvalue weighted by atomic mass is 16.1. The van der Waals surface area contributed by atoms with Crippen LogP contribution >= 0.6 is 0 Å². The molecule has 0 N–H and O–H groups in total. The molecule has 26 heavy (non-hydrogen) atoms. The minimum atomic E-state index is -0.0540. The van der Waals surface area contributed by atoms with Gasteiger partial charge in [-0.25, -0.2) is 0 Å². The summed E-state index contributed by atoms with van der Waals surface area (Å²) in [6.45, 7) is 0.702. The van der Waals surface area contributed by atoms with Gasteiger partial charge in [-0.3, -0.25) is 14.2 Å². The van der Waals surface area contributed by atoms with Crippen molar-refractivity contribution in [2.24, 2.45) is 14.1 Å². The molecule has 0 unspecified atom stereocenters. The van der Waals surface area contributed by atoms with E-state index in [-0.39, 0.29) is 5.56 Å². The molecule has 0 atom stereocenters. The molecule has 0 aliphatic rings. The maximum atomic E-state index is 12.2. The lowest BCUT2D eigenvalue weighted by atomic mass is 10.0. The van der Waals surface area contributed by atoms with Gasteiger partial charge < -0.3 is 4.57 Å². The molecule has 6 heteroatoms. The van der Waals surface area contributed by atoms with E-state index in [9.17, 15) is 4.79 Å². The highest BCUT2D eigenvalue weighted by Crippen LogP contribution is 2.30. The van der Waals surface area contributed by atoms with E-state index in [1.807, 2.05) is 54.6 Å². The van der Waals surface area contributed by atoms with Crippen molar-refractivity contribution in [1.29, 1.82) is 0 Å². The average Bonchev–Trinajstić information content (AvgIpc) is 3.27. The zero-order valence-corrected chi connectivity index (χ0v) is 14.7. The van der Waals surface area contributed by atoms with E-state index in [2.05, 4.69) is 22.3 Å². The second kappa shape index (κ2) is 6.48. The van der Waals surface area contributed by atoms with Gasteiger partial charge in [-0.15, -0.1) is 0 Å². The van der Waals surface area contributed by atoms with Crippen molar-refractivity contribution in [3.05, 3.63) is 83.2 Å². The first-order chi connectivity index (χ1) is 12.6. The number of nitrogens with zero attached hydrogens (tertiary/aromatic N) is 5. The summed E-state index contributed by atoms with van der Waals surface area (Å²) in [5.41, 5.74) is 4.81. The van der Waals surface area contributed by atoms with Gasteiger partial charge >= 0.3 is 0 Å². The summed E-state index contributed by atoms with van der Waals surface area (Å²) in [5, 5.41) is 8.72. The largest absolute Gasteiger partial charge is 0.318 e. The Bertz CT molecular complexity index is 1100. The van der Waals surface area contributed by atoms with E-state index in [0.29, 0.717) is 6.54 Å². The Balaban J connectivity index is 1.78. The van der Waals surface area contributed by atoms with Gasteiger partial charge in [0.1, 0.15) is 0 Å². The molecule has 0 spiro atoms. The molecule has 1 aromatic carbocycles. The first-order valence-electron chi connectivity index (χ1n) is 8.37. The minimum absolute atomic E-state index is 0.0540. The van der Waals surface area contributed by atoms with Crippen molar-refractivity contribution in [2.45, 2.75) is 6.54 Å². The predicted molar refractivity (Wildman–Crippen MR) is 101 cm³/mol. The van der Waals surface area contributed by atoms with Gasteiger partial charge in [-0.1, -0.05) is 30.3 Å². The number of aryl methyl sites for hydroxylation is 2. The summed E-state index contributed by atoms with van der Waals surface area (Å²) in [7, 11) is 3.63. The zero-order valence-electron chi connectivity index (χ0n) is 14.7. The normalized spacial score (nSPS) is 11.0. The third-order valence-corrected chi connectivity index (χ3v) is 4.46. The molecule has 4 rings (SSSR count). The third kappa shape index (κ3) is 2.97. The van der Waals surface area contributed by atoms with Crippen molar-refractivity contribution in [3.8, 4) is 22.4 Å². The second-order valence-corrected chi connectivity index (χ2v) is 6.30. The molecule has 3 aromatic heterocycles. The standard InChI is InChI=1S/C20H19N5O/c1-23-14-18(17(10-20(23)26)19-8-9-21-24(19)2)16-11-22-25(13-16)12-15-6-4-3-5-7-15/h3-11,13-14H,12H2,1-2H3. The Morgan fingerprint density at radius 2 is 1.77 bits per heavy atom. The highest BCUT2D eigenvalue weighted by molar-refractivity contribution is 5.80. The first kappa shape index (κ1) is 16.1. The van der Waals surface area contributed by atoms with Gasteiger partial charge in [0, 0.05) is 55.4 Å². The van der Waals surface area contributed by atoms with Crippen molar-refractivity contribution >= 4 is 0 Å². The summed E-state index contributed by atoms with van der Waals surface area (Å²) in [5.74, 6) is 0. The van der Waals surface area contributed by atoms with Crippen molar-refractivity contribution in [2.75, 3.05) is 0 Å². The Labute approximate surface area is 151 Å². The van der Waals surface area contributed by atoms with Crippen molar-refractivity contribution in [3.63, 3.8) is 0 Å². The van der Waals surface area contributed by atoms with E-state index in [0.717, 1.165) is 22.4 Å². The summed E-state index contributed by atoms with van der Waals surface area (Å²) in [4.78, 5) is 12.2. The molecule has 0 fully saturated rings. The van der Waals surface area contributed by atoms with Crippen LogP contribution < -0.4 is 5.56 Å². The molecule has 0 aliphatic carbocycles. The van der Waals surface area contributed by atoms with Crippen LogP contribution in [-0.2, 0) is 20.6 Å². The van der Waals surface area contributed by atoms with E-state index in [1.54, 1.807) is 28.6 Å². The number of hydrogen-bond donors (Lipinski definition) is 0. The van der Waals surface area contributed by atoms with Crippen LogP contribution in [0.5, 0.6) is 0 Å². The SMILES string of the molecule is Cn1nccc1-c1cc(=O)n(C)cc1-c1cnn(Cc2ccccc2)c1. The second-order valence-electron chi connectivity index (χ2n) is 6.30. The Hall–Kier alpha value is -3.41. The molecule has 0 bridgehead atoms. The minimum Gasteiger partial charge on any atom is -0.318 e. The molecule has 130 valence electrons. The summed E-state index contributed by atoms with van der Waals surface area (Å²) in [6.07, 6.45) is 7.43. The topological polar surface area (TPSA) is 57.6 Å². The van der Waals surface area contributed by atoms with Gasteiger partial charge in [-0.2, -0.15) is 10.2 Å². The van der Waals surface area contributed by atoms with Gasteiger partial charge in [0.2, 0.25) is 0 Å². The predicted octanol–water partition coefficient (Wildman–Crippen LogP) is 2.70. The van der Waals surface area contributed by atoms with Crippen molar-refractivity contribution in [1.82, 2.24) is 24.1 Å². The number of benzene rings is 1. The quantitative estimate of drug-likeness (QED) is 0.571. The monoisotopic (exact) mass is 345 g/mol. The van der Waals surface area contributed by atoms with E-state index >= 15 is 0 Å². The smallest absolute Gasteiger partial charge is 0.250 e. The summed E-state index contributed by atoms with van der Waals surface area (Å²) in [6, 6.07) is 13.8. The summed E-state index contributed by atoms with van der Waals surface area (Å²) >= 11 is 0. The van der Waals surface area contributed by atoms with Crippen LogP contribution in [0.25, 0.3) is 22.4 Å². The number of rotatable bonds is 4. The maximum absolute atomic E-state index is 12.2. The van der Waals surface area contributed by atoms with Crippen LogP contribution in [0.1, 0.15) is 5.56 Å². The average molecular weight is 345 g/mol. The van der Waals surface area contributed by atoms with Crippen LogP contribution in [0.15, 0.2) is 72.0 Å². The van der Waals surface area contributed by atoms with Crippen LogP contribution in [0, 0.1) is 0 Å². The van der Waals surface area contributed by atoms with E-state index in [1.165, 1.54) is 5.56 Å². The third-order valence-electron chi connectivity index (χ3n) is 4.46. The van der Waals surface area contributed by atoms with Gasteiger partial charge in [0.25, 0.3) is 5.56 Å². The molecule has 0 saturated carbocycles. The van der Waals surface area contributed by atoms with Crippen LogP contribution in [-0.4, -0.2) is 24.1 Å². The van der Waals surface area contributed by atoms with E-state index in [4.69, 9.17) is 0 Å². The van der Waals surface area contributed by atoms with Gasteiger partial charge in [0.15, 0.2) is 0 Å². The molecule has 0 amide bonds. The Morgan fingerprint density at radius 1 is 0.962 bits per heavy atom. The first-order valence-corrected chi connectivity index (χ1v) is 8.37. The lowest BCUT2D eigenvalue weighted by Gasteiger charge is -2.10. The van der Waals surface area contributed by atoms with Crippen LogP contribution in [0.2, 0.25) is 0 Å². The highest BCUT2D eigenvalue weighted by Gasteiger charge is 2.14. The molecule has 6 nitrogen and oxygen atoms in total. The lowest BCUT2D eigenvalue weighted by molar-refractivity contribution is 0.687. The molecule has 0 saturated heterocycles. The fraction of sp³-hybridized carbons (Fsp3) is 0.150. The molecule has 4 aromatic rings. The molecular weight excluding hydrogens is 326 g/mol. The molecule has 0 aliphatic heterocycles. The Kier molecular flexibility index (Phi) is 4.01. The van der Waals surface area contributed by atoms with Gasteiger partial charge in [0.05, 0.1) is 18.4 Å². The number of hydrogen-bond acceptors (Lipinski definition) is 3. The molecule has 0 radical (unpaired) electrons. The van der Waals surface area contributed by atoms with E-state index < -0.39 is 0 Å². The van der Waals surface area contributed by atoms with Gasteiger partial charge in [-0.05, 0) is 11.6 Å². The van der Waals surface area contributed by atoms with Crippen molar-refractivity contribution < 1.29 is 0 Å². The molecular formula is C20H19N5O. The van der Waals surface area contributed by atoms with Crippen LogP contribution in [0.4, 0.5) is 0 Å². The van der Waals surface area contributed by atoms with Crippen LogP contribution in [0.3, 0.4) is 0 Å². The summed E-state index contributed by atoms with van der Waals surface area (Å²) < 4.78 is 5.26. The fourth-order valence-corrected chi connectivity index (χ4v) is 3.07. The fourth-order valence-electron chi connectivity index (χ4n) is 3.07. The molecule has 3 heterocycles. The lowest BCUT2D eigenvalue weighted by Crippen LogP contribution is -2.16. The number of aromatic nitrogens is 5. The maximum Gasteiger partial charge on any atom is 0.250 e.